The molecule has 2 aromatic rings. The van der Waals surface area contributed by atoms with Gasteiger partial charge in [-0.3, -0.25) is 9.59 Å². The number of carbonyl (C=O) groups excluding carboxylic acids is 2. The number of ether oxygens (including phenoxy) is 2. The lowest BCUT2D eigenvalue weighted by atomic mass is 9.91. The summed E-state index contributed by atoms with van der Waals surface area (Å²) >= 11 is 0. The molecule has 3 rings (SSSR count). The van der Waals surface area contributed by atoms with Crippen LogP contribution in [-0.2, 0) is 14.3 Å². The molecule has 0 bridgehead atoms. The van der Waals surface area contributed by atoms with E-state index in [0.29, 0.717) is 36.5 Å². The monoisotopic (exact) mass is 483 g/mol. The highest BCUT2D eigenvalue weighted by Gasteiger charge is 2.36. The van der Waals surface area contributed by atoms with Crippen LogP contribution in [0.15, 0.2) is 53.6 Å². The van der Waals surface area contributed by atoms with Gasteiger partial charge in [0.25, 0.3) is 5.91 Å². The van der Waals surface area contributed by atoms with E-state index in [1.165, 1.54) is 16.0 Å². The van der Waals surface area contributed by atoms with Crippen LogP contribution in [0.1, 0.15) is 50.8 Å². The van der Waals surface area contributed by atoms with Crippen LogP contribution in [-0.4, -0.2) is 61.4 Å². The van der Waals surface area contributed by atoms with Crippen LogP contribution in [0.2, 0.25) is 0 Å². The molecule has 0 spiro atoms. The largest absolute Gasteiger partial charge is 0.497 e. The van der Waals surface area contributed by atoms with Crippen molar-refractivity contribution in [3.8, 4) is 5.75 Å². The van der Waals surface area contributed by atoms with Gasteiger partial charge in [-0.05, 0) is 23.6 Å². The van der Waals surface area contributed by atoms with Gasteiger partial charge >= 0.3 is 0 Å². The molecule has 188 valence electrons. The molecule has 1 atom stereocenters. The molecule has 0 unspecified atom stereocenters. The lowest BCUT2D eigenvalue weighted by molar-refractivity contribution is -0.143. The van der Waals surface area contributed by atoms with Gasteiger partial charge in [-0.25, -0.2) is 9.40 Å². The van der Waals surface area contributed by atoms with Gasteiger partial charge in [-0.15, -0.1) is 0 Å². The van der Waals surface area contributed by atoms with E-state index in [2.05, 4.69) is 5.10 Å². The average molecular weight is 484 g/mol. The lowest BCUT2D eigenvalue weighted by Crippen LogP contribution is -2.43. The maximum absolute atomic E-state index is 14.8. The highest BCUT2D eigenvalue weighted by Crippen LogP contribution is 2.35. The Kier molecular flexibility index (Phi) is 8.62. The highest BCUT2D eigenvalue weighted by molar-refractivity contribution is 6.03. The Hall–Kier alpha value is -3.26. The molecule has 0 fully saturated rings. The Morgan fingerprint density at radius 2 is 1.89 bits per heavy atom. The van der Waals surface area contributed by atoms with Gasteiger partial charge in [-0.2, -0.15) is 5.10 Å². The Morgan fingerprint density at radius 1 is 1.14 bits per heavy atom. The summed E-state index contributed by atoms with van der Waals surface area (Å²) in [6, 6.07) is 13.2. The number of hydrazone groups is 1. The zero-order chi connectivity index (χ0) is 25.6. The third-order valence-corrected chi connectivity index (χ3v) is 5.76. The standard InChI is InChI=1S/C27H34FN3O4/c1-27(2,3)17-25(32)30(13-14-34-4)18-26(33)31-24(21-11-6-7-12-22(21)28)16-23(29-31)19-9-8-10-20(15-19)35-5/h6-12,15,24H,13-14,16-18H2,1-5H3/t24-/m0/s1. The van der Waals surface area contributed by atoms with Crippen molar-refractivity contribution in [1.82, 2.24) is 9.91 Å². The van der Waals surface area contributed by atoms with Crippen LogP contribution in [0, 0.1) is 11.2 Å². The number of hydrogen-bond donors (Lipinski definition) is 0. The first-order valence-electron chi connectivity index (χ1n) is 11.7. The van der Waals surface area contributed by atoms with Gasteiger partial charge in [0.2, 0.25) is 5.91 Å². The van der Waals surface area contributed by atoms with E-state index in [1.807, 2.05) is 45.0 Å². The molecule has 0 radical (unpaired) electrons. The molecule has 8 heteroatoms. The van der Waals surface area contributed by atoms with Crippen LogP contribution in [0.4, 0.5) is 4.39 Å². The van der Waals surface area contributed by atoms with Crippen molar-refractivity contribution in [2.45, 2.75) is 39.7 Å². The molecular formula is C27H34FN3O4. The predicted octanol–water partition coefficient (Wildman–Crippen LogP) is 4.42. The second-order valence-corrected chi connectivity index (χ2v) is 9.80. The van der Waals surface area contributed by atoms with Crippen LogP contribution in [0.5, 0.6) is 5.75 Å². The number of benzene rings is 2. The van der Waals surface area contributed by atoms with Crippen molar-refractivity contribution in [3.63, 3.8) is 0 Å². The number of rotatable bonds is 9. The summed E-state index contributed by atoms with van der Waals surface area (Å²) in [5, 5.41) is 5.93. The topological polar surface area (TPSA) is 71.4 Å². The fourth-order valence-corrected chi connectivity index (χ4v) is 4.00. The Balaban J connectivity index is 1.92. The van der Waals surface area contributed by atoms with Crippen LogP contribution in [0.3, 0.4) is 0 Å². The molecule has 1 aliphatic rings. The summed E-state index contributed by atoms with van der Waals surface area (Å²) in [4.78, 5) is 28.0. The minimum atomic E-state index is -0.619. The third-order valence-electron chi connectivity index (χ3n) is 5.76. The molecular weight excluding hydrogens is 449 g/mol. The molecule has 0 N–H and O–H groups in total. The first kappa shape index (κ1) is 26.3. The smallest absolute Gasteiger partial charge is 0.262 e. The van der Waals surface area contributed by atoms with Crippen molar-refractivity contribution >= 4 is 17.5 Å². The summed E-state index contributed by atoms with van der Waals surface area (Å²) in [6.07, 6.45) is 0.632. The summed E-state index contributed by atoms with van der Waals surface area (Å²) in [5.74, 6) is -0.260. The van der Waals surface area contributed by atoms with E-state index in [-0.39, 0.29) is 30.3 Å². The third kappa shape index (κ3) is 6.88. The van der Waals surface area contributed by atoms with Crippen LogP contribution >= 0.6 is 0 Å². The van der Waals surface area contributed by atoms with Crippen molar-refractivity contribution in [1.29, 1.82) is 0 Å². The van der Waals surface area contributed by atoms with Gasteiger partial charge in [0.05, 0.1) is 25.5 Å². The maximum Gasteiger partial charge on any atom is 0.262 e. The first-order chi connectivity index (χ1) is 16.6. The SMILES string of the molecule is COCCN(CC(=O)N1N=C(c2cccc(OC)c2)C[C@H]1c1ccccc1F)C(=O)CC(C)(C)C. The quantitative estimate of drug-likeness (QED) is 0.529. The molecule has 1 aliphatic heterocycles. The predicted molar refractivity (Wildman–Crippen MR) is 133 cm³/mol. The number of halogens is 1. The minimum Gasteiger partial charge on any atom is -0.497 e. The molecule has 35 heavy (non-hydrogen) atoms. The minimum absolute atomic E-state index is 0.137. The molecule has 0 saturated carbocycles. The lowest BCUT2D eigenvalue weighted by Gasteiger charge is -2.29. The number of nitrogens with zero attached hydrogens (tertiary/aromatic N) is 3. The van der Waals surface area contributed by atoms with Crippen LogP contribution < -0.4 is 4.74 Å². The van der Waals surface area contributed by atoms with E-state index in [4.69, 9.17) is 9.47 Å². The van der Waals surface area contributed by atoms with Gasteiger partial charge in [0.15, 0.2) is 0 Å². The van der Waals surface area contributed by atoms with Gasteiger partial charge in [-0.1, -0.05) is 51.1 Å². The molecule has 0 aliphatic carbocycles. The first-order valence-corrected chi connectivity index (χ1v) is 11.7. The summed E-state index contributed by atoms with van der Waals surface area (Å²) in [7, 11) is 3.13. The fourth-order valence-electron chi connectivity index (χ4n) is 4.00. The number of methoxy groups -OCH3 is 2. The van der Waals surface area contributed by atoms with Crippen molar-refractivity contribution in [3.05, 3.63) is 65.5 Å². The van der Waals surface area contributed by atoms with E-state index in [1.54, 1.807) is 32.4 Å². The second kappa shape index (κ2) is 11.4. The number of hydrogen-bond acceptors (Lipinski definition) is 5. The Bertz CT molecular complexity index is 1080. The number of carbonyl (C=O) groups is 2. The van der Waals surface area contributed by atoms with Crippen molar-refractivity contribution < 1.29 is 23.5 Å². The Labute approximate surface area is 206 Å². The van der Waals surface area contributed by atoms with Gasteiger partial charge in [0, 0.05) is 37.6 Å². The highest BCUT2D eigenvalue weighted by atomic mass is 19.1. The Morgan fingerprint density at radius 3 is 2.54 bits per heavy atom. The average Bonchev–Trinajstić information content (AvgIpc) is 3.26. The normalized spacial score (nSPS) is 15.7. The zero-order valence-electron chi connectivity index (χ0n) is 21.1. The molecule has 1 heterocycles. The summed E-state index contributed by atoms with van der Waals surface area (Å²) < 4.78 is 25.3. The summed E-state index contributed by atoms with van der Waals surface area (Å²) in [5.41, 5.74) is 1.59. The van der Waals surface area contributed by atoms with Gasteiger partial charge < -0.3 is 14.4 Å². The molecule has 0 saturated heterocycles. The fraction of sp³-hybridized carbons (Fsp3) is 0.444. The zero-order valence-corrected chi connectivity index (χ0v) is 21.1. The second-order valence-electron chi connectivity index (χ2n) is 9.80. The van der Waals surface area contributed by atoms with Crippen LogP contribution in [0.25, 0.3) is 0 Å². The van der Waals surface area contributed by atoms with Crippen molar-refractivity contribution in [2.24, 2.45) is 10.5 Å². The molecule has 2 aromatic carbocycles. The number of amides is 2. The maximum atomic E-state index is 14.8. The molecule has 2 amide bonds. The van der Waals surface area contributed by atoms with Crippen molar-refractivity contribution in [2.75, 3.05) is 33.9 Å². The van der Waals surface area contributed by atoms with E-state index in [9.17, 15) is 14.0 Å². The summed E-state index contributed by atoms with van der Waals surface area (Å²) in [6.45, 7) is 6.33. The molecule has 0 aromatic heterocycles. The van der Waals surface area contributed by atoms with Gasteiger partial charge in [0.1, 0.15) is 18.1 Å². The van der Waals surface area contributed by atoms with E-state index < -0.39 is 11.9 Å². The molecule has 7 nitrogen and oxygen atoms in total. The van der Waals surface area contributed by atoms with E-state index in [0.717, 1.165) is 5.56 Å². The van der Waals surface area contributed by atoms with E-state index >= 15 is 0 Å².